The van der Waals surface area contributed by atoms with Gasteiger partial charge in [-0.15, -0.1) is 0 Å². The number of amides is 6. The van der Waals surface area contributed by atoms with E-state index in [1.807, 2.05) is 145 Å². The molecule has 30 nitrogen and oxygen atoms in total. The first-order valence-corrected chi connectivity index (χ1v) is 48.0. The number of nitrogens with one attached hydrogen (secondary N) is 3. The summed E-state index contributed by atoms with van der Waals surface area (Å²) >= 11 is 0. The minimum atomic E-state index is -0.903. The van der Waals surface area contributed by atoms with E-state index in [2.05, 4.69) is 34.8 Å². The minimum absolute atomic E-state index is 0. The van der Waals surface area contributed by atoms with Crippen LogP contribution < -0.4 is 44.4 Å². The summed E-state index contributed by atoms with van der Waals surface area (Å²) in [6, 6.07) is 11.9. The van der Waals surface area contributed by atoms with Crippen LogP contribution in [0.3, 0.4) is 0 Å². The first kappa shape index (κ1) is 101. The van der Waals surface area contributed by atoms with Gasteiger partial charge < -0.3 is 87.7 Å². The minimum Gasteiger partial charge on any atom is -0.540 e. The Kier molecular flexibility index (Phi) is 30.1. The van der Waals surface area contributed by atoms with E-state index in [-0.39, 0.29) is 139 Å². The third kappa shape index (κ3) is 20.9. The van der Waals surface area contributed by atoms with Crippen LogP contribution in [0, 0.1) is 63.6 Å². The Morgan fingerprint density at radius 3 is 1.17 bits per heavy atom. The number of carbonyl (C=O) groups is 6. The maximum Gasteiger partial charge on any atom is 0.408 e. The molecule has 7 aliphatic carbocycles. The Balaban J connectivity index is 0.000000160. The Bertz CT molecular complexity index is 5390. The van der Waals surface area contributed by atoms with E-state index in [1.165, 1.54) is 16.2 Å². The summed E-state index contributed by atoms with van der Waals surface area (Å²) in [4.78, 5) is 154. The Hall–Kier alpha value is -8.54. The molecular weight excluding hydrogens is 1820 g/mol. The molecule has 3 saturated heterocycles. The van der Waals surface area contributed by atoms with Gasteiger partial charge in [0.05, 0.1) is 74.1 Å². The molecule has 3 spiro atoms. The van der Waals surface area contributed by atoms with Crippen LogP contribution in [0.15, 0.2) is 54.6 Å². The van der Waals surface area contributed by atoms with Gasteiger partial charge in [-0.2, -0.15) is 0 Å². The summed E-state index contributed by atoms with van der Waals surface area (Å²) < 4.78 is 54.1. The van der Waals surface area contributed by atoms with E-state index in [0.29, 0.717) is 87.4 Å². The van der Waals surface area contributed by atoms with E-state index in [9.17, 15) is 43.2 Å². The number of alkyl carbamates (subject to hydrolysis) is 3. The molecule has 6 bridgehead atoms. The van der Waals surface area contributed by atoms with Crippen molar-refractivity contribution in [1.29, 1.82) is 0 Å². The van der Waals surface area contributed by atoms with Crippen molar-refractivity contribution in [2.75, 3.05) is 41.0 Å². The van der Waals surface area contributed by atoms with Crippen molar-refractivity contribution in [3.63, 3.8) is 0 Å². The molecule has 3 N–H and O–H groups in total. The van der Waals surface area contributed by atoms with Crippen molar-refractivity contribution >= 4 is 88.0 Å². The zero-order chi connectivity index (χ0) is 92.9. The summed E-state index contributed by atoms with van der Waals surface area (Å²) in [5.74, 6) is 3.63. The van der Waals surface area contributed by atoms with Gasteiger partial charge in [-0.05, 0) is 204 Å². The van der Waals surface area contributed by atoms with Crippen molar-refractivity contribution in [3.05, 3.63) is 71.7 Å². The molecule has 3 radical (unpaired) electrons. The average Bonchev–Trinajstić information content (AvgIpc) is 1.59. The van der Waals surface area contributed by atoms with Gasteiger partial charge in [0.25, 0.3) is 0 Å². The Labute approximate surface area is 821 Å². The number of ether oxygens (including phenoxy) is 9. The van der Waals surface area contributed by atoms with Crippen LogP contribution in [0.5, 0.6) is 34.9 Å². The van der Waals surface area contributed by atoms with Crippen molar-refractivity contribution in [2.45, 2.75) is 326 Å². The average molecular weight is 1950 g/mol. The largest absolute Gasteiger partial charge is 0.540 e. The molecule has 19 rings (SSSR count). The van der Waals surface area contributed by atoms with Crippen LogP contribution in [0.1, 0.15) is 255 Å². The second-order valence-electron chi connectivity index (χ2n) is 43.6. The molecule has 13 aliphatic rings. The second kappa shape index (κ2) is 39.8. The van der Waals surface area contributed by atoms with Crippen LogP contribution in [-0.4, -0.2) is 213 Å². The van der Waals surface area contributed by atoms with Gasteiger partial charge in [-0.3, -0.25) is 14.4 Å². The number of aromatic nitrogens is 6. The van der Waals surface area contributed by atoms with E-state index in [1.54, 1.807) is 26.2 Å². The number of fused-ring (bicyclic) bond motifs is 20. The molecule has 134 heavy (non-hydrogen) atoms. The number of benzene rings is 3. The number of hydrogen-bond donors (Lipinski definition) is 3. The molecular formula is C101H131N12O18V3-3. The Morgan fingerprint density at radius 2 is 0.784 bits per heavy atom. The monoisotopic (exact) mass is 1950 g/mol. The third-order valence-corrected chi connectivity index (χ3v) is 31.3. The zero-order valence-corrected chi connectivity index (χ0v) is 84.5. The van der Waals surface area contributed by atoms with E-state index < -0.39 is 94.7 Å². The summed E-state index contributed by atoms with van der Waals surface area (Å²) in [6.07, 6.45) is 25.4. The third-order valence-electron chi connectivity index (χ3n) is 31.3. The van der Waals surface area contributed by atoms with Gasteiger partial charge in [0, 0.05) is 96.0 Å². The first-order valence-electron chi connectivity index (χ1n) is 48.0. The van der Waals surface area contributed by atoms with Crippen molar-refractivity contribution in [1.82, 2.24) is 60.6 Å². The molecule has 3 aromatic carbocycles. The fourth-order valence-corrected chi connectivity index (χ4v) is 22.2. The van der Waals surface area contributed by atoms with Crippen LogP contribution in [0.25, 0.3) is 33.1 Å². The van der Waals surface area contributed by atoms with Crippen molar-refractivity contribution in [3.8, 4) is 34.9 Å². The van der Waals surface area contributed by atoms with E-state index >= 15 is 0 Å². The van der Waals surface area contributed by atoms with Crippen molar-refractivity contribution in [2.24, 2.45) is 63.6 Å². The smallest absolute Gasteiger partial charge is 0.408 e. The van der Waals surface area contributed by atoms with Gasteiger partial charge in [-0.1, -0.05) is 146 Å². The fourth-order valence-electron chi connectivity index (χ4n) is 22.2. The molecule has 6 aromatic rings. The van der Waals surface area contributed by atoms with Crippen LogP contribution in [0.2, 0.25) is 0 Å². The standard InChI is InChI=1S/C36H47N4O6.C33H43N4O6.C32H41N4O6.3V/c1-6-22-27(19-41)40-18-29(22)45-32-30(37-25-11-10-21(44-5)17-26(25)38-32)36(13-14-36)12-8-7-9-23-24-15-20(24)16-28(23)46-34(43)39-31(33(40)42)35(2,3)4;1-19-24(18-38)37-17-25(19)42-28-26(34-22-11-10-21(41-6)15-23(22)35-28)33(13-14-33)12-8-7-9-20-16-32(20,5)43-30(40)36-27(29(37)39)31(2,3)4;1-18-23(17-37)36-16-25(18)41-28-26(33-21-10-9-20(40-5)15-22(21)34-28)32(12-13-32)11-7-6-8-19-14-24(19)42-30(39)35-27(29(36)38)31(2,3)4;;;/h10-11,17,20,22-24,27-29,31H,6-9,12-16,18H2,1-5H3,(H,39,43);10-11,15,19-20,24-25,27H,7-9,12-14,16-17H2,1-6H3,(H,36,40);9-10,15,18-19,23-25,27H,6-8,11-14,16H2,1-5H3,(H,35,39);;;/q3*-1;;;/t20?,22-,23+,24?,27+,28+,29-,31+;19-,20+,24+,25-,27+,32+;18-,19+,23+,24+,25-,27+;;;/m000.../s1. The van der Waals surface area contributed by atoms with Gasteiger partial charge in [0.2, 0.25) is 35.4 Å². The zero-order valence-electron chi connectivity index (χ0n) is 80.3. The molecule has 9 heterocycles. The molecule has 10 fully saturated rings. The van der Waals surface area contributed by atoms with Gasteiger partial charge in [0.15, 0.2) is 0 Å². The predicted octanol–water partition coefficient (Wildman–Crippen LogP) is 14.8. The summed E-state index contributed by atoms with van der Waals surface area (Å²) in [5, 5.41) is 8.58. The topological polar surface area (TPSA) is 360 Å². The molecule has 3 aromatic heterocycles. The molecule has 2 unspecified atom stereocenters. The quantitative estimate of drug-likeness (QED) is 0.0987. The maximum absolute atomic E-state index is 14.3. The van der Waals surface area contributed by atoms with Crippen molar-refractivity contribution < 1.29 is 141 Å². The number of methoxy groups -OCH3 is 3. The molecule has 721 valence electrons. The molecule has 20 atom stereocenters. The number of hydrogen-bond acceptors (Lipinski definition) is 24. The summed E-state index contributed by atoms with van der Waals surface area (Å²) in [5.41, 5.74) is 4.20. The van der Waals surface area contributed by atoms with Crippen LogP contribution >= 0.6 is 0 Å². The number of rotatable bonds is 7. The SMILES string of the molecule is CC[C@@H]1[C@@H]2CN(C(=O)[C@H](C(C)(C)C)NC(=O)O[C@@H]3CC4CC4[C@H]3CCCCC3(CC3)c3nc4ccc(OC)cc4nc3O2)[C@@H]1[C-]=O.COc1ccc2nc3c(nc2c1)O[C@H]1CN(C(=O)[C@H](C(C)(C)C)NC(=O)O[C@@H]2C[C@H]2CCCCC32CC2)[C@H]([C-]=O)[C@@H]1C.COc1ccc2nc3c(nc2c1)O[C@H]1CN(C(=O)[C@H](C(C)(C)C)NC(=O)O[C@]2(C)C[C@H]2CCCCC32CC2)[C@H]([C-]=O)[C@@H]1C.[V].[V].[V]. The maximum atomic E-state index is 14.3. The van der Waals surface area contributed by atoms with Crippen LogP contribution in [-0.2, 0) is 115 Å². The number of nitrogens with zero attached hydrogens (tertiary/aromatic N) is 9. The predicted molar refractivity (Wildman–Crippen MR) is 486 cm³/mol. The fraction of sp³-hybridized carbons (Fsp3) is 0.673. The molecule has 7 saturated carbocycles. The summed E-state index contributed by atoms with van der Waals surface area (Å²) in [6.45, 7) is 25.3. The van der Waals surface area contributed by atoms with Gasteiger partial charge in [0.1, 0.15) is 88.6 Å². The van der Waals surface area contributed by atoms with Crippen LogP contribution in [0.4, 0.5) is 14.4 Å². The first-order chi connectivity index (χ1) is 62.4. The van der Waals surface area contributed by atoms with E-state index in [4.69, 9.17) is 72.5 Å². The normalized spacial score (nSPS) is 31.8. The second-order valence-corrected chi connectivity index (χ2v) is 43.6. The molecule has 6 amide bonds. The van der Waals surface area contributed by atoms with Gasteiger partial charge >= 0.3 is 18.3 Å². The van der Waals surface area contributed by atoms with Gasteiger partial charge in [-0.25, -0.2) is 63.1 Å². The number of carbonyl (C=O) groups excluding carboxylic acids is 9. The summed E-state index contributed by atoms with van der Waals surface area (Å²) in [7, 11) is 4.86. The molecule has 6 aliphatic heterocycles. The van der Waals surface area contributed by atoms with E-state index in [0.717, 1.165) is 168 Å². The molecule has 33 heteroatoms. The Morgan fingerprint density at radius 1 is 0.418 bits per heavy atom.